The minimum absolute atomic E-state index is 0.00752. The molecular formula is C24H25FN2O7S. The van der Waals surface area contributed by atoms with Crippen LogP contribution in [0.5, 0.6) is 0 Å². The SMILES string of the molecule is COCCN1C(=O)C(=O)/C(=C(\O)c2ccc(S(=O)(=O)N3CCOCC3)cc2)C1c1ccccc1F. The molecule has 1 amide bonds. The highest BCUT2D eigenvalue weighted by Gasteiger charge is 2.46. The van der Waals surface area contributed by atoms with Crippen molar-refractivity contribution in [2.24, 2.45) is 0 Å². The van der Waals surface area contributed by atoms with Crippen molar-refractivity contribution in [3.8, 4) is 0 Å². The van der Waals surface area contributed by atoms with Gasteiger partial charge >= 0.3 is 0 Å². The third-order valence-electron chi connectivity index (χ3n) is 6.01. The van der Waals surface area contributed by atoms with Crippen LogP contribution < -0.4 is 0 Å². The van der Waals surface area contributed by atoms with Crippen molar-refractivity contribution in [3.63, 3.8) is 0 Å². The number of aliphatic hydroxyl groups excluding tert-OH is 1. The van der Waals surface area contributed by atoms with E-state index in [0.717, 1.165) is 4.90 Å². The van der Waals surface area contributed by atoms with E-state index in [1.165, 1.54) is 53.9 Å². The summed E-state index contributed by atoms with van der Waals surface area (Å²) in [5.74, 6) is -3.01. The summed E-state index contributed by atoms with van der Waals surface area (Å²) in [6.07, 6.45) is 0. The number of methoxy groups -OCH3 is 1. The predicted octanol–water partition coefficient (Wildman–Crippen LogP) is 1.91. The Morgan fingerprint density at radius 2 is 1.77 bits per heavy atom. The van der Waals surface area contributed by atoms with Crippen LogP contribution in [-0.2, 0) is 29.1 Å². The van der Waals surface area contributed by atoms with Crippen LogP contribution >= 0.6 is 0 Å². The number of carbonyl (C=O) groups excluding carboxylic acids is 2. The molecule has 2 aromatic rings. The molecule has 9 nitrogen and oxygen atoms in total. The highest BCUT2D eigenvalue weighted by Crippen LogP contribution is 2.40. The molecule has 1 N–H and O–H groups in total. The lowest BCUT2D eigenvalue weighted by Crippen LogP contribution is -2.40. The van der Waals surface area contributed by atoms with Gasteiger partial charge in [-0.25, -0.2) is 12.8 Å². The first-order chi connectivity index (χ1) is 16.8. The molecule has 186 valence electrons. The molecule has 1 unspecified atom stereocenters. The van der Waals surface area contributed by atoms with E-state index in [4.69, 9.17) is 9.47 Å². The Morgan fingerprint density at radius 3 is 2.40 bits per heavy atom. The zero-order valence-corrected chi connectivity index (χ0v) is 19.8. The number of rotatable bonds is 7. The molecular weight excluding hydrogens is 479 g/mol. The van der Waals surface area contributed by atoms with Crippen LogP contribution in [0.3, 0.4) is 0 Å². The molecule has 2 heterocycles. The second-order valence-corrected chi connectivity index (χ2v) is 9.99. The molecule has 11 heteroatoms. The van der Waals surface area contributed by atoms with E-state index in [0.29, 0.717) is 13.2 Å². The number of carbonyl (C=O) groups is 2. The zero-order chi connectivity index (χ0) is 25.2. The Balaban J connectivity index is 1.75. The van der Waals surface area contributed by atoms with Gasteiger partial charge in [-0.3, -0.25) is 9.59 Å². The molecule has 0 radical (unpaired) electrons. The number of benzene rings is 2. The fraction of sp³-hybridized carbons (Fsp3) is 0.333. The summed E-state index contributed by atoms with van der Waals surface area (Å²) in [7, 11) is -2.33. The van der Waals surface area contributed by atoms with E-state index in [9.17, 15) is 27.5 Å². The average molecular weight is 505 g/mol. The van der Waals surface area contributed by atoms with Gasteiger partial charge in [-0.15, -0.1) is 0 Å². The molecule has 2 aliphatic rings. The largest absolute Gasteiger partial charge is 0.507 e. The van der Waals surface area contributed by atoms with Crippen molar-refractivity contribution in [2.75, 3.05) is 46.6 Å². The van der Waals surface area contributed by atoms with Crippen molar-refractivity contribution in [2.45, 2.75) is 10.9 Å². The second kappa shape index (κ2) is 10.2. The highest BCUT2D eigenvalue weighted by atomic mass is 32.2. The highest BCUT2D eigenvalue weighted by molar-refractivity contribution is 7.89. The smallest absolute Gasteiger partial charge is 0.295 e. The summed E-state index contributed by atoms with van der Waals surface area (Å²) in [6, 6.07) is 9.87. The topological polar surface area (TPSA) is 113 Å². The number of hydrogen-bond donors (Lipinski definition) is 1. The first-order valence-corrected chi connectivity index (χ1v) is 12.4. The summed E-state index contributed by atoms with van der Waals surface area (Å²) in [5, 5.41) is 11.1. The van der Waals surface area contributed by atoms with Crippen molar-refractivity contribution in [3.05, 3.63) is 71.0 Å². The number of sulfonamides is 1. The van der Waals surface area contributed by atoms with Crippen molar-refractivity contribution < 1.29 is 37.0 Å². The van der Waals surface area contributed by atoms with Crippen LogP contribution in [0.15, 0.2) is 59.0 Å². The van der Waals surface area contributed by atoms with Crippen LogP contribution in [0.4, 0.5) is 4.39 Å². The molecule has 4 rings (SSSR count). The number of halogens is 1. The average Bonchev–Trinajstić information content (AvgIpc) is 3.12. The summed E-state index contributed by atoms with van der Waals surface area (Å²) in [6.45, 7) is 1.18. The molecule has 2 fully saturated rings. The third kappa shape index (κ3) is 4.72. The van der Waals surface area contributed by atoms with E-state index in [-0.39, 0.29) is 47.8 Å². The lowest BCUT2D eigenvalue weighted by molar-refractivity contribution is -0.140. The van der Waals surface area contributed by atoms with Crippen molar-refractivity contribution >= 4 is 27.5 Å². The number of ether oxygens (including phenoxy) is 2. The van der Waals surface area contributed by atoms with Gasteiger partial charge in [-0.2, -0.15) is 4.31 Å². The van der Waals surface area contributed by atoms with Gasteiger partial charge in [0.1, 0.15) is 11.6 Å². The normalized spacial score (nSPS) is 21.0. The fourth-order valence-electron chi connectivity index (χ4n) is 4.20. The number of likely N-dealkylation sites (tertiary alicyclic amines) is 1. The predicted molar refractivity (Wildman–Crippen MR) is 123 cm³/mol. The lowest BCUT2D eigenvalue weighted by Gasteiger charge is -2.26. The summed E-state index contributed by atoms with van der Waals surface area (Å²) in [5.41, 5.74) is -0.104. The summed E-state index contributed by atoms with van der Waals surface area (Å²) in [4.78, 5) is 26.9. The first-order valence-electron chi connectivity index (χ1n) is 11.0. The van der Waals surface area contributed by atoms with Gasteiger partial charge < -0.3 is 19.5 Å². The Kier molecular flexibility index (Phi) is 7.31. The molecule has 2 aliphatic heterocycles. The maximum Gasteiger partial charge on any atom is 0.295 e. The second-order valence-electron chi connectivity index (χ2n) is 8.05. The van der Waals surface area contributed by atoms with Gasteiger partial charge in [-0.1, -0.05) is 18.2 Å². The molecule has 0 spiro atoms. The number of morpholine rings is 1. The summed E-state index contributed by atoms with van der Waals surface area (Å²) < 4.78 is 52.0. The van der Waals surface area contributed by atoms with E-state index < -0.39 is 39.3 Å². The van der Waals surface area contributed by atoms with E-state index in [2.05, 4.69) is 0 Å². The number of nitrogens with zero attached hydrogens (tertiary/aromatic N) is 2. The monoisotopic (exact) mass is 504 g/mol. The lowest BCUT2D eigenvalue weighted by atomic mass is 9.95. The maximum absolute atomic E-state index is 14.7. The molecule has 1 atom stereocenters. The van der Waals surface area contributed by atoms with Crippen LogP contribution in [0.25, 0.3) is 5.76 Å². The van der Waals surface area contributed by atoms with Gasteiger partial charge in [0.15, 0.2) is 0 Å². The first kappa shape index (κ1) is 25.0. The fourth-order valence-corrected chi connectivity index (χ4v) is 5.60. The zero-order valence-electron chi connectivity index (χ0n) is 19.0. The molecule has 0 saturated carbocycles. The Morgan fingerprint density at radius 1 is 1.11 bits per heavy atom. The standard InChI is InChI=1S/C24H25FN2O7S/c1-33-13-12-27-21(18-4-2-3-5-19(18)25)20(23(29)24(27)30)22(28)16-6-8-17(9-7-16)35(31,32)26-10-14-34-15-11-26/h2-9,21,28H,10-15H2,1H3/b22-20-. The molecule has 0 aliphatic carbocycles. The molecule has 0 bridgehead atoms. The number of hydrogen-bond acceptors (Lipinski definition) is 7. The maximum atomic E-state index is 14.7. The van der Waals surface area contributed by atoms with Gasteiger partial charge in [0.05, 0.1) is 36.3 Å². The molecule has 2 saturated heterocycles. The van der Waals surface area contributed by atoms with Gasteiger partial charge in [-0.05, 0) is 30.3 Å². The third-order valence-corrected chi connectivity index (χ3v) is 7.92. The number of Topliss-reactive ketones (excluding diaryl/α,β-unsaturated/α-hetero) is 1. The number of ketones is 1. The minimum atomic E-state index is -3.76. The van der Waals surface area contributed by atoms with Crippen molar-refractivity contribution in [1.29, 1.82) is 0 Å². The van der Waals surface area contributed by atoms with Gasteiger partial charge in [0, 0.05) is 37.9 Å². The molecule has 2 aromatic carbocycles. The Labute approximate surface area is 202 Å². The van der Waals surface area contributed by atoms with E-state index in [1.807, 2.05) is 0 Å². The minimum Gasteiger partial charge on any atom is -0.507 e. The Bertz CT molecular complexity index is 1250. The molecule has 0 aromatic heterocycles. The summed E-state index contributed by atoms with van der Waals surface area (Å²) >= 11 is 0. The van der Waals surface area contributed by atoms with E-state index in [1.54, 1.807) is 6.07 Å². The van der Waals surface area contributed by atoms with Gasteiger partial charge in [0.25, 0.3) is 11.7 Å². The van der Waals surface area contributed by atoms with Crippen LogP contribution in [0.1, 0.15) is 17.2 Å². The number of aliphatic hydroxyl groups is 1. The molecule has 35 heavy (non-hydrogen) atoms. The van der Waals surface area contributed by atoms with E-state index >= 15 is 0 Å². The quantitative estimate of drug-likeness (QED) is 0.348. The van der Waals surface area contributed by atoms with Crippen LogP contribution in [0, 0.1) is 5.82 Å². The van der Waals surface area contributed by atoms with Crippen LogP contribution in [0.2, 0.25) is 0 Å². The van der Waals surface area contributed by atoms with Crippen molar-refractivity contribution in [1.82, 2.24) is 9.21 Å². The number of amides is 1. The van der Waals surface area contributed by atoms with Crippen LogP contribution in [-0.4, -0.2) is 81.0 Å². The van der Waals surface area contributed by atoms with Gasteiger partial charge in [0.2, 0.25) is 10.0 Å². The Hall–Kier alpha value is -3.12.